The van der Waals surface area contributed by atoms with Gasteiger partial charge in [-0.3, -0.25) is 4.79 Å². The number of carbonyl (C=O) groups excluding carboxylic acids is 1. The van der Waals surface area contributed by atoms with E-state index in [1.807, 2.05) is 44.2 Å². The van der Waals surface area contributed by atoms with Crippen molar-refractivity contribution in [1.29, 1.82) is 0 Å². The van der Waals surface area contributed by atoms with E-state index in [1.54, 1.807) is 11.6 Å². The van der Waals surface area contributed by atoms with E-state index in [-0.39, 0.29) is 11.6 Å². The second kappa shape index (κ2) is 8.07. The first-order chi connectivity index (χ1) is 11.4. The number of hydrogen-bond donors (Lipinski definition) is 3. The maximum absolute atomic E-state index is 12.4. The van der Waals surface area contributed by atoms with Gasteiger partial charge in [-0.2, -0.15) is 0 Å². The molecule has 8 heteroatoms. The molecule has 0 bridgehead atoms. The summed E-state index contributed by atoms with van der Waals surface area (Å²) in [4.78, 5) is 12.4. The lowest BCUT2D eigenvalue weighted by molar-refractivity contribution is 0.0932. The SMILES string of the molecule is Cc1c(C(=O)N[C@@H](CC(C)C)B(O)O)nnn1Cc1ccccc1. The van der Waals surface area contributed by atoms with Crippen LogP contribution in [0.4, 0.5) is 0 Å². The van der Waals surface area contributed by atoms with Crippen molar-refractivity contribution >= 4 is 13.0 Å². The molecule has 0 unspecified atom stereocenters. The summed E-state index contributed by atoms with van der Waals surface area (Å²) in [5.41, 5.74) is 1.88. The molecule has 128 valence electrons. The van der Waals surface area contributed by atoms with Crippen molar-refractivity contribution in [3.63, 3.8) is 0 Å². The van der Waals surface area contributed by atoms with E-state index < -0.39 is 19.0 Å². The second-order valence-corrected chi connectivity index (χ2v) is 6.29. The van der Waals surface area contributed by atoms with Gasteiger partial charge < -0.3 is 15.4 Å². The first-order valence-electron chi connectivity index (χ1n) is 7.99. The predicted octanol–water partition coefficient (Wildman–Crippen LogP) is 0.791. The maximum atomic E-state index is 12.4. The molecule has 1 atom stereocenters. The summed E-state index contributed by atoms with van der Waals surface area (Å²) in [7, 11) is -1.61. The van der Waals surface area contributed by atoms with Gasteiger partial charge >= 0.3 is 7.12 Å². The van der Waals surface area contributed by atoms with E-state index in [0.29, 0.717) is 18.7 Å². The van der Waals surface area contributed by atoms with Gasteiger partial charge in [0.2, 0.25) is 0 Å². The van der Waals surface area contributed by atoms with Crippen LogP contribution in [-0.4, -0.2) is 44.0 Å². The molecule has 24 heavy (non-hydrogen) atoms. The zero-order chi connectivity index (χ0) is 17.7. The number of rotatable bonds is 7. The van der Waals surface area contributed by atoms with Gasteiger partial charge in [0.1, 0.15) is 0 Å². The Kier molecular flexibility index (Phi) is 6.11. The Balaban J connectivity index is 2.10. The largest absolute Gasteiger partial charge is 0.475 e. The molecule has 1 heterocycles. The zero-order valence-electron chi connectivity index (χ0n) is 14.2. The number of nitrogens with one attached hydrogen (secondary N) is 1. The van der Waals surface area contributed by atoms with Crippen LogP contribution >= 0.6 is 0 Å². The van der Waals surface area contributed by atoms with Gasteiger partial charge in [-0.1, -0.05) is 49.4 Å². The molecule has 1 aromatic carbocycles. The van der Waals surface area contributed by atoms with Gasteiger partial charge in [0, 0.05) is 0 Å². The highest BCUT2D eigenvalue weighted by Gasteiger charge is 2.28. The molecule has 2 aromatic rings. The summed E-state index contributed by atoms with van der Waals surface area (Å²) in [6.45, 7) is 6.18. The third kappa shape index (κ3) is 4.66. The van der Waals surface area contributed by atoms with Gasteiger partial charge in [0.05, 0.1) is 18.2 Å². The minimum atomic E-state index is -1.61. The van der Waals surface area contributed by atoms with Crippen molar-refractivity contribution in [1.82, 2.24) is 20.3 Å². The third-order valence-corrected chi connectivity index (χ3v) is 3.77. The van der Waals surface area contributed by atoms with Crippen LogP contribution < -0.4 is 5.32 Å². The van der Waals surface area contributed by atoms with Crippen LogP contribution in [0, 0.1) is 12.8 Å². The summed E-state index contributed by atoms with van der Waals surface area (Å²) < 4.78 is 1.65. The van der Waals surface area contributed by atoms with E-state index in [9.17, 15) is 14.8 Å². The van der Waals surface area contributed by atoms with E-state index >= 15 is 0 Å². The normalized spacial score (nSPS) is 12.2. The smallest absolute Gasteiger partial charge is 0.426 e. The Bertz CT molecular complexity index is 673. The molecule has 0 fully saturated rings. The zero-order valence-corrected chi connectivity index (χ0v) is 14.2. The van der Waals surface area contributed by atoms with Gasteiger partial charge in [-0.15, -0.1) is 5.10 Å². The molecular formula is C16H23BN4O3. The summed E-state index contributed by atoms with van der Waals surface area (Å²) in [5.74, 6) is -0.978. The maximum Gasteiger partial charge on any atom is 0.475 e. The van der Waals surface area contributed by atoms with Crippen LogP contribution in [0.15, 0.2) is 30.3 Å². The number of amides is 1. The molecule has 3 N–H and O–H groups in total. The molecule has 7 nitrogen and oxygen atoms in total. The highest BCUT2D eigenvalue weighted by Crippen LogP contribution is 2.10. The molecule has 1 aromatic heterocycles. The van der Waals surface area contributed by atoms with Gasteiger partial charge in [0.25, 0.3) is 5.91 Å². The summed E-state index contributed by atoms with van der Waals surface area (Å²) in [6.07, 6.45) is 0.459. The van der Waals surface area contributed by atoms with E-state index in [1.165, 1.54) is 0 Å². The minimum absolute atomic E-state index is 0.195. The number of carbonyl (C=O) groups is 1. The van der Waals surface area contributed by atoms with Crippen molar-refractivity contribution in [2.45, 2.75) is 39.7 Å². The van der Waals surface area contributed by atoms with Gasteiger partial charge in [-0.05, 0) is 24.8 Å². The van der Waals surface area contributed by atoms with Crippen LogP contribution in [0.25, 0.3) is 0 Å². The second-order valence-electron chi connectivity index (χ2n) is 6.29. The monoisotopic (exact) mass is 330 g/mol. The van der Waals surface area contributed by atoms with Crippen LogP contribution in [0.3, 0.4) is 0 Å². The van der Waals surface area contributed by atoms with Crippen molar-refractivity contribution < 1.29 is 14.8 Å². The Morgan fingerprint density at radius 2 is 1.96 bits per heavy atom. The quantitative estimate of drug-likeness (QED) is 0.652. The lowest BCUT2D eigenvalue weighted by atomic mass is 9.75. The first kappa shape index (κ1) is 18.2. The molecule has 1 amide bonds. The number of nitrogens with zero attached hydrogens (tertiary/aromatic N) is 3. The van der Waals surface area contributed by atoms with E-state index in [4.69, 9.17) is 0 Å². The van der Waals surface area contributed by atoms with Crippen LogP contribution in [0.1, 0.15) is 42.0 Å². The van der Waals surface area contributed by atoms with Crippen molar-refractivity contribution in [2.75, 3.05) is 0 Å². The molecule has 0 saturated carbocycles. The van der Waals surface area contributed by atoms with Gasteiger partial charge in [0.15, 0.2) is 5.69 Å². The number of hydrogen-bond acceptors (Lipinski definition) is 5. The van der Waals surface area contributed by atoms with E-state index in [2.05, 4.69) is 15.6 Å². The number of aromatic nitrogens is 3. The molecule has 2 rings (SSSR count). The minimum Gasteiger partial charge on any atom is -0.426 e. The molecule has 0 aliphatic carbocycles. The fourth-order valence-corrected chi connectivity index (χ4v) is 2.48. The predicted molar refractivity (Wildman–Crippen MR) is 91.2 cm³/mol. The van der Waals surface area contributed by atoms with Crippen LogP contribution in [-0.2, 0) is 6.54 Å². The lowest BCUT2D eigenvalue weighted by Crippen LogP contribution is -2.47. The van der Waals surface area contributed by atoms with Gasteiger partial charge in [-0.25, -0.2) is 4.68 Å². The number of benzene rings is 1. The Labute approximate surface area is 141 Å². The third-order valence-electron chi connectivity index (χ3n) is 3.77. The molecule has 0 radical (unpaired) electrons. The summed E-state index contributed by atoms with van der Waals surface area (Å²) in [6, 6.07) is 9.76. The standard InChI is InChI=1S/C16H23BN4O3/c1-11(2)9-14(17(23)24)18-16(22)15-12(3)21(20-19-15)10-13-7-5-4-6-8-13/h4-8,11,14,23-24H,9-10H2,1-3H3,(H,18,22)/t14-/m0/s1. The van der Waals surface area contributed by atoms with Crippen molar-refractivity contribution in [3.05, 3.63) is 47.3 Å². The van der Waals surface area contributed by atoms with Crippen LogP contribution in [0.2, 0.25) is 0 Å². The molecule has 0 spiro atoms. The highest BCUT2D eigenvalue weighted by molar-refractivity contribution is 6.43. The molecule has 0 saturated heterocycles. The topological polar surface area (TPSA) is 100 Å². The molecule has 0 aliphatic rings. The fraction of sp³-hybridized carbons (Fsp3) is 0.438. The van der Waals surface area contributed by atoms with Crippen molar-refractivity contribution in [2.24, 2.45) is 5.92 Å². The van der Waals surface area contributed by atoms with E-state index in [0.717, 1.165) is 5.56 Å². The molecule has 0 aliphatic heterocycles. The summed E-state index contributed by atoms with van der Waals surface area (Å²) in [5, 5.41) is 29.4. The first-order valence-corrected chi connectivity index (χ1v) is 7.99. The average Bonchev–Trinajstić information content (AvgIpc) is 2.88. The fourth-order valence-electron chi connectivity index (χ4n) is 2.48. The van der Waals surface area contributed by atoms with Crippen molar-refractivity contribution in [3.8, 4) is 0 Å². The Morgan fingerprint density at radius 3 is 2.54 bits per heavy atom. The lowest BCUT2D eigenvalue weighted by Gasteiger charge is -2.19. The Morgan fingerprint density at radius 1 is 1.29 bits per heavy atom. The Hall–Kier alpha value is -2.19. The summed E-state index contributed by atoms with van der Waals surface area (Å²) >= 11 is 0. The molecular weight excluding hydrogens is 307 g/mol. The highest BCUT2D eigenvalue weighted by atomic mass is 16.4. The average molecular weight is 330 g/mol. The van der Waals surface area contributed by atoms with Crippen LogP contribution in [0.5, 0.6) is 0 Å².